The van der Waals surface area contributed by atoms with E-state index in [1.54, 1.807) is 0 Å². The second-order valence-electron chi connectivity index (χ2n) is 4.75. The van der Waals surface area contributed by atoms with Crippen molar-refractivity contribution in [1.82, 2.24) is 10.4 Å². The smallest absolute Gasteiger partial charge is 0.366 e. The van der Waals surface area contributed by atoms with Crippen LogP contribution in [0.4, 0.5) is 13.2 Å². The molecule has 0 radical (unpaired) electrons. The second-order valence-corrected chi connectivity index (χ2v) is 4.75. The zero-order valence-corrected chi connectivity index (χ0v) is 11.3. The number of carbonyl (C=O) groups is 2. The first-order chi connectivity index (χ1) is 10.1. The van der Waals surface area contributed by atoms with Gasteiger partial charge in [-0.3, -0.25) is 15.0 Å². The van der Waals surface area contributed by atoms with Crippen molar-refractivity contribution in [3.8, 4) is 0 Å². The zero-order valence-electron chi connectivity index (χ0n) is 11.3. The number of hydrazine groups is 1. The lowest BCUT2D eigenvalue weighted by Gasteiger charge is -2.33. The van der Waals surface area contributed by atoms with Crippen LogP contribution in [-0.2, 0) is 0 Å². The SMILES string of the molecule is CC1=CC(O)(C(F)(F)F)N(C(=O)c2ccc(C(N)=O)cc2)N1. The average molecular weight is 315 g/mol. The van der Waals surface area contributed by atoms with Crippen molar-refractivity contribution in [3.63, 3.8) is 0 Å². The van der Waals surface area contributed by atoms with Crippen molar-refractivity contribution in [1.29, 1.82) is 0 Å². The number of hydrogen-bond donors (Lipinski definition) is 3. The summed E-state index contributed by atoms with van der Waals surface area (Å²) in [5, 5.41) is 9.88. The second kappa shape index (κ2) is 5.02. The molecule has 0 spiro atoms. The molecule has 2 rings (SSSR count). The van der Waals surface area contributed by atoms with Gasteiger partial charge < -0.3 is 10.8 Å². The van der Waals surface area contributed by atoms with E-state index in [1.807, 2.05) is 0 Å². The molecular weight excluding hydrogens is 303 g/mol. The van der Waals surface area contributed by atoms with Crippen LogP contribution in [0.15, 0.2) is 36.0 Å². The van der Waals surface area contributed by atoms with Crippen LogP contribution in [0.2, 0.25) is 0 Å². The number of halogens is 3. The maximum absolute atomic E-state index is 13.0. The van der Waals surface area contributed by atoms with Gasteiger partial charge in [0.25, 0.3) is 11.6 Å². The number of nitrogens with one attached hydrogen (secondary N) is 1. The van der Waals surface area contributed by atoms with E-state index in [4.69, 9.17) is 5.73 Å². The van der Waals surface area contributed by atoms with E-state index >= 15 is 0 Å². The lowest BCUT2D eigenvalue weighted by Crippen LogP contribution is -2.60. The van der Waals surface area contributed by atoms with Gasteiger partial charge in [-0.15, -0.1) is 0 Å². The third-order valence-corrected chi connectivity index (χ3v) is 3.08. The highest BCUT2D eigenvalue weighted by Gasteiger charge is 2.61. The Bertz CT molecular complexity index is 655. The number of rotatable bonds is 2. The Morgan fingerprint density at radius 3 is 2.18 bits per heavy atom. The van der Waals surface area contributed by atoms with Crippen LogP contribution in [-0.4, -0.2) is 33.8 Å². The Hall–Kier alpha value is -2.55. The van der Waals surface area contributed by atoms with Crippen molar-refractivity contribution in [3.05, 3.63) is 47.2 Å². The molecule has 0 aliphatic carbocycles. The summed E-state index contributed by atoms with van der Waals surface area (Å²) in [5.41, 5.74) is 3.69. The zero-order chi connectivity index (χ0) is 16.7. The number of allylic oxidation sites excluding steroid dienone is 1. The topological polar surface area (TPSA) is 95.7 Å². The van der Waals surface area contributed by atoms with E-state index in [0.717, 1.165) is 12.1 Å². The van der Waals surface area contributed by atoms with Crippen LogP contribution in [0.1, 0.15) is 27.6 Å². The predicted octanol–water partition coefficient (Wildman–Crippen LogP) is 0.901. The molecule has 1 unspecified atom stereocenters. The Kier molecular flexibility index (Phi) is 3.61. The Balaban J connectivity index is 2.35. The highest BCUT2D eigenvalue weighted by molar-refractivity contribution is 5.97. The molecule has 2 amide bonds. The van der Waals surface area contributed by atoms with E-state index in [-0.39, 0.29) is 21.8 Å². The minimum absolute atomic E-state index is 0.0260. The molecule has 4 N–H and O–H groups in total. The van der Waals surface area contributed by atoms with Crippen LogP contribution in [0.25, 0.3) is 0 Å². The summed E-state index contributed by atoms with van der Waals surface area (Å²) in [5.74, 6) is -1.84. The Morgan fingerprint density at radius 1 is 1.23 bits per heavy atom. The Morgan fingerprint density at radius 2 is 1.73 bits per heavy atom. The minimum atomic E-state index is -5.08. The summed E-state index contributed by atoms with van der Waals surface area (Å²) < 4.78 is 39.1. The molecule has 1 aliphatic heterocycles. The molecule has 0 aromatic heterocycles. The molecule has 1 aliphatic rings. The summed E-state index contributed by atoms with van der Waals surface area (Å²) in [6.45, 7) is 1.28. The average Bonchev–Trinajstić information content (AvgIpc) is 2.74. The van der Waals surface area contributed by atoms with Gasteiger partial charge in [0.2, 0.25) is 5.91 Å². The molecule has 1 atom stereocenters. The summed E-state index contributed by atoms with van der Waals surface area (Å²) in [6, 6.07) is 4.71. The van der Waals surface area contributed by atoms with Crippen molar-refractivity contribution in [2.45, 2.75) is 18.8 Å². The van der Waals surface area contributed by atoms with Gasteiger partial charge in [-0.2, -0.15) is 13.2 Å². The number of alkyl halides is 3. The van der Waals surface area contributed by atoms with Gasteiger partial charge in [-0.1, -0.05) is 0 Å². The third kappa shape index (κ3) is 2.50. The van der Waals surface area contributed by atoms with Crippen LogP contribution < -0.4 is 11.2 Å². The van der Waals surface area contributed by atoms with Crippen LogP contribution in [0.3, 0.4) is 0 Å². The summed E-state index contributed by atoms with van der Waals surface area (Å²) in [7, 11) is 0. The quantitative estimate of drug-likeness (QED) is 0.755. The van der Waals surface area contributed by atoms with E-state index in [9.17, 15) is 27.9 Å². The summed E-state index contributed by atoms with van der Waals surface area (Å²) >= 11 is 0. The lowest BCUT2D eigenvalue weighted by atomic mass is 10.1. The molecule has 1 aromatic carbocycles. The van der Waals surface area contributed by atoms with Gasteiger partial charge in [-0.05, 0) is 37.3 Å². The minimum Gasteiger partial charge on any atom is -0.366 e. The number of hydrogen-bond acceptors (Lipinski definition) is 4. The number of carbonyl (C=O) groups excluding carboxylic acids is 2. The van der Waals surface area contributed by atoms with Crippen molar-refractivity contribution in [2.75, 3.05) is 0 Å². The summed E-state index contributed by atoms with van der Waals surface area (Å²) in [4.78, 5) is 23.1. The number of aliphatic hydroxyl groups is 1. The molecule has 1 heterocycles. The molecule has 6 nitrogen and oxygen atoms in total. The molecule has 0 saturated carbocycles. The monoisotopic (exact) mass is 315 g/mol. The highest BCUT2D eigenvalue weighted by atomic mass is 19.4. The van der Waals surface area contributed by atoms with E-state index in [0.29, 0.717) is 6.08 Å². The van der Waals surface area contributed by atoms with Gasteiger partial charge in [0, 0.05) is 16.8 Å². The number of primary amides is 1. The number of amides is 2. The first-order valence-electron chi connectivity index (χ1n) is 6.06. The fraction of sp³-hybridized carbons (Fsp3) is 0.231. The van der Waals surface area contributed by atoms with Gasteiger partial charge in [-0.25, -0.2) is 5.01 Å². The molecule has 0 fully saturated rings. The largest absolute Gasteiger partial charge is 0.442 e. The maximum atomic E-state index is 13.0. The summed E-state index contributed by atoms with van der Waals surface area (Å²) in [6.07, 6.45) is -4.58. The van der Waals surface area contributed by atoms with E-state index < -0.39 is 23.7 Å². The number of benzene rings is 1. The molecule has 0 bridgehead atoms. The maximum Gasteiger partial charge on any atom is 0.442 e. The van der Waals surface area contributed by atoms with Crippen molar-refractivity contribution < 1.29 is 27.9 Å². The Labute approximate surface area is 123 Å². The molecule has 9 heteroatoms. The first kappa shape index (κ1) is 15.8. The fourth-order valence-corrected chi connectivity index (χ4v) is 1.98. The van der Waals surface area contributed by atoms with Crippen LogP contribution in [0.5, 0.6) is 0 Å². The lowest BCUT2D eigenvalue weighted by molar-refractivity contribution is -0.283. The fourth-order valence-electron chi connectivity index (χ4n) is 1.98. The predicted molar refractivity (Wildman–Crippen MR) is 69.0 cm³/mol. The molecule has 1 aromatic rings. The standard InChI is InChI=1S/C13H12F3N3O3/c1-7-6-12(22,13(14,15)16)19(18-7)11(21)9-4-2-8(3-5-9)10(17)20/h2-6,18,22H,1H3,(H2,17,20). The van der Waals surface area contributed by atoms with E-state index in [2.05, 4.69) is 5.43 Å². The third-order valence-electron chi connectivity index (χ3n) is 3.08. The van der Waals surface area contributed by atoms with Gasteiger partial charge >= 0.3 is 6.18 Å². The van der Waals surface area contributed by atoms with Crippen LogP contribution >= 0.6 is 0 Å². The number of nitrogens with zero attached hydrogens (tertiary/aromatic N) is 1. The van der Waals surface area contributed by atoms with Crippen LogP contribution in [0, 0.1) is 0 Å². The van der Waals surface area contributed by atoms with Gasteiger partial charge in [0.05, 0.1) is 0 Å². The molecular formula is C13H12F3N3O3. The molecule has 22 heavy (non-hydrogen) atoms. The van der Waals surface area contributed by atoms with Gasteiger partial charge in [0.15, 0.2) is 0 Å². The first-order valence-corrected chi connectivity index (χ1v) is 6.06. The molecule has 0 saturated heterocycles. The van der Waals surface area contributed by atoms with Gasteiger partial charge in [0.1, 0.15) is 0 Å². The number of nitrogens with two attached hydrogens (primary N) is 1. The molecule has 118 valence electrons. The van der Waals surface area contributed by atoms with Crippen molar-refractivity contribution in [2.24, 2.45) is 5.73 Å². The van der Waals surface area contributed by atoms with Crippen molar-refractivity contribution >= 4 is 11.8 Å². The highest BCUT2D eigenvalue weighted by Crippen LogP contribution is 2.38. The van der Waals surface area contributed by atoms with E-state index in [1.165, 1.54) is 19.1 Å². The normalized spacial score (nSPS) is 21.3.